The number of fused-ring (bicyclic) bond motifs is 1. The number of carbonyl (C=O) groups is 1. The highest BCUT2D eigenvalue weighted by Gasteiger charge is 2.39. The van der Waals surface area contributed by atoms with Crippen LogP contribution < -0.4 is 14.9 Å². The summed E-state index contributed by atoms with van der Waals surface area (Å²) in [7, 11) is 1.42. The summed E-state index contributed by atoms with van der Waals surface area (Å²) < 4.78 is 56.2. The molecule has 8 heteroatoms. The third-order valence-corrected chi connectivity index (χ3v) is 4.19. The van der Waals surface area contributed by atoms with Crippen LogP contribution in [0.4, 0.5) is 13.2 Å². The van der Waals surface area contributed by atoms with Gasteiger partial charge in [0.25, 0.3) is 0 Å². The van der Waals surface area contributed by atoms with Gasteiger partial charge in [0.15, 0.2) is 0 Å². The second-order valence-corrected chi connectivity index (χ2v) is 6.60. The molecule has 0 atom stereocenters. The predicted molar refractivity (Wildman–Crippen MR) is 99.9 cm³/mol. The van der Waals surface area contributed by atoms with Crippen LogP contribution >= 0.6 is 0 Å². The molecule has 0 unspecified atom stereocenters. The highest BCUT2D eigenvalue weighted by molar-refractivity contribution is 5.85. The minimum atomic E-state index is -4.91. The Morgan fingerprint density at radius 1 is 1.03 bits per heavy atom. The SMILES string of the molecule is COc1ccc(-c2c(C(F)(F)F)oc3cc(OC(=O)C(C)C)ccc3c2=O)cc1. The molecule has 0 saturated carbocycles. The molecule has 2 aromatic carbocycles. The van der Waals surface area contributed by atoms with Crippen LogP contribution in [-0.2, 0) is 11.0 Å². The van der Waals surface area contributed by atoms with Crippen LogP contribution in [0.1, 0.15) is 19.6 Å². The highest BCUT2D eigenvalue weighted by atomic mass is 19.4. The lowest BCUT2D eigenvalue weighted by molar-refractivity contribution is -0.152. The van der Waals surface area contributed by atoms with Gasteiger partial charge in [0, 0.05) is 6.07 Å². The quantitative estimate of drug-likeness (QED) is 0.448. The van der Waals surface area contributed by atoms with Crippen molar-refractivity contribution in [1.29, 1.82) is 0 Å². The van der Waals surface area contributed by atoms with Crippen LogP contribution in [0.15, 0.2) is 51.7 Å². The number of hydrogen-bond donors (Lipinski definition) is 0. The Kier molecular flexibility index (Phi) is 5.37. The molecule has 3 rings (SSSR count). The molecule has 0 aliphatic rings. The van der Waals surface area contributed by atoms with Crippen molar-refractivity contribution in [2.75, 3.05) is 7.11 Å². The minimum Gasteiger partial charge on any atom is -0.497 e. The van der Waals surface area contributed by atoms with Crippen LogP contribution in [0.5, 0.6) is 11.5 Å². The number of ether oxygens (including phenoxy) is 2. The zero-order valence-electron chi connectivity index (χ0n) is 15.8. The van der Waals surface area contributed by atoms with Gasteiger partial charge in [0.05, 0.1) is 24.0 Å². The van der Waals surface area contributed by atoms with E-state index in [1.165, 1.54) is 43.5 Å². The lowest BCUT2D eigenvalue weighted by atomic mass is 10.0. The zero-order valence-corrected chi connectivity index (χ0v) is 15.8. The fourth-order valence-corrected chi connectivity index (χ4v) is 2.69. The smallest absolute Gasteiger partial charge is 0.450 e. The Hall–Kier alpha value is -3.29. The standard InChI is InChI=1S/C21H17F3O5/c1-11(2)20(26)28-14-8-9-15-16(10-14)29-19(21(22,23)24)17(18(15)25)12-4-6-13(27-3)7-5-12/h4-11H,1-3H3. The molecule has 0 aliphatic heterocycles. The summed E-state index contributed by atoms with van der Waals surface area (Å²) in [6.45, 7) is 3.23. The molecule has 1 heterocycles. The average molecular weight is 406 g/mol. The van der Waals surface area contributed by atoms with Crippen molar-refractivity contribution < 1.29 is 31.9 Å². The van der Waals surface area contributed by atoms with E-state index < -0.39 is 34.8 Å². The Morgan fingerprint density at radius 3 is 2.21 bits per heavy atom. The van der Waals surface area contributed by atoms with Crippen LogP contribution in [0.2, 0.25) is 0 Å². The second kappa shape index (κ2) is 7.62. The molecule has 0 aliphatic carbocycles. The number of alkyl halides is 3. The van der Waals surface area contributed by atoms with Gasteiger partial charge in [-0.15, -0.1) is 0 Å². The number of carbonyl (C=O) groups excluding carboxylic acids is 1. The summed E-state index contributed by atoms with van der Waals surface area (Å²) >= 11 is 0. The van der Waals surface area contributed by atoms with E-state index in [0.717, 1.165) is 6.07 Å². The van der Waals surface area contributed by atoms with Gasteiger partial charge in [-0.1, -0.05) is 26.0 Å². The van der Waals surface area contributed by atoms with Gasteiger partial charge < -0.3 is 13.9 Å². The molecule has 0 saturated heterocycles. The van der Waals surface area contributed by atoms with E-state index in [1.807, 2.05) is 0 Å². The Labute approximate surface area is 163 Å². The molecule has 5 nitrogen and oxygen atoms in total. The van der Waals surface area contributed by atoms with Crippen molar-refractivity contribution in [2.45, 2.75) is 20.0 Å². The number of rotatable bonds is 4. The molecule has 152 valence electrons. The van der Waals surface area contributed by atoms with Gasteiger partial charge in [0.2, 0.25) is 11.2 Å². The van der Waals surface area contributed by atoms with Crippen molar-refractivity contribution in [3.8, 4) is 22.6 Å². The Balaban J connectivity index is 2.22. The largest absolute Gasteiger partial charge is 0.497 e. The van der Waals surface area contributed by atoms with Crippen molar-refractivity contribution in [1.82, 2.24) is 0 Å². The van der Waals surface area contributed by atoms with Gasteiger partial charge in [-0.3, -0.25) is 9.59 Å². The van der Waals surface area contributed by atoms with Gasteiger partial charge in [0.1, 0.15) is 17.1 Å². The number of esters is 1. The maximum absolute atomic E-state index is 13.7. The zero-order chi connectivity index (χ0) is 21.3. The molecule has 0 bridgehead atoms. The summed E-state index contributed by atoms with van der Waals surface area (Å²) in [6.07, 6.45) is -4.91. The molecular weight excluding hydrogens is 389 g/mol. The van der Waals surface area contributed by atoms with Gasteiger partial charge in [-0.2, -0.15) is 13.2 Å². The van der Waals surface area contributed by atoms with E-state index in [-0.39, 0.29) is 22.3 Å². The normalized spacial score (nSPS) is 11.7. The second-order valence-electron chi connectivity index (χ2n) is 6.60. The number of benzene rings is 2. The Morgan fingerprint density at radius 2 is 1.66 bits per heavy atom. The summed E-state index contributed by atoms with van der Waals surface area (Å²) in [5.41, 5.74) is -1.72. The van der Waals surface area contributed by atoms with Crippen molar-refractivity contribution >= 4 is 16.9 Å². The lowest BCUT2D eigenvalue weighted by Crippen LogP contribution is -2.17. The predicted octanol–water partition coefficient (Wildman–Crippen LogP) is 5.05. The van der Waals surface area contributed by atoms with E-state index in [2.05, 4.69) is 0 Å². The summed E-state index contributed by atoms with van der Waals surface area (Å²) in [4.78, 5) is 24.6. The van der Waals surface area contributed by atoms with E-state index in [4.69, 9.17) is 13.9 Å². The Bertz CT molecular complexity index is 1110. The maximum atomic E-state index is 13.7. The van der Waals surface area contributed by atoms with E-state index in [9.17, 15) is 22.8 Å². The summed E-state index contributed by atoms with van der Waals surface area (Å²) in [5, 5.41) is -0.0619. The minimum absolute atomic E-state index is 0.00956. The molecule has 0 spiro atoms. The average Bonchev–Trinajstić information content (AvgIpc) is 2.67. The topological polar surface area (TPSA) is 65.7 Å². The van der Waals surface area contributed by atoms with Crippen molar-refractivity contribution in [3.05, 3.63) is 58.4 Å². The first-order valence-corrected chi connectivity index (χ1v) is 8.66. The van der Waals surface area contributed by atoms with E-state index in [0.29, 0.717) is 5.75 Å². The molecular formula is C21H17F3O5. The summed E-state index contributed by atoms with van der Waals surface area (Å²) in [6, 6.07) is 9.32. The molecule has 29 heavy (non-hydrogen) atoms. The third-order valence-electron chi connectivity index (χ3n) is 4.19. The lowest BCUT2D eigenvalue weighted by Gasteiger charge is -2.14. The highest BCUT2D eigenvalue weighted by Crippen LogP contribution is 2.38. The van der Waals surface area contributed by atoms with Crippen LogP contribution in [0.25, 0.3) is 22.1 Å². The fraction of sp³-hybridized carbons (Fsp3) is 0.238. The molecule has 1 aromatic heterocycles. The maximum Gasteiger partial charge on any atom is 0.450 e. The van der Waals surface area contributed by atoms with Crippen molar-refractivity contribution in [2.24, 2.45) is 5.92 Å². The van der Waals surface area contributed by atoms with Crippen LogP contribution in [-0.4, -0.2) is 13.1 Å². The molecule has 0 radical (unpaired) electrons. The number of hydrogen-bond acceptors (Lipinski definition) is 5. The molecule has 0 N–H and O–H groups in total. The van der Waals surface area contributed by atoms with E-state index in [1.54, 1.807) is 13.8 Å². The van der Waals surface area contributed by atoms with Gasteiger partial charge >= 0.3 is 12.1 Å². The molecule has 0 amide bonds. The van der Waals surface area contributed by atoms with Gasteiger partial charge in [-0.05, 0) is 29.8 Å². The molecule has 0 fully saturated rings. The van der Waals surface area contributed by atoms with Crippen molar-refractivity contribution in [3.63, 3.8) is 0 Å². The van der Waals surface area contributed by atoms with Crippen LogP contribution in [0.3, 0.4) is 0 Å². The third kappa shape index (κ3) is 4.11. The first-order chi connectivity index (χ1) is 13.6. The summed E-state index contributed by atoms with van der Waals surface area (Å²) in [5.74, 6) is -1.99. The van der Waals surface area contributed by atoms with Crippen LogP contribution in [0, 0.1) is 5.92 Å². The monoisotopic (exact) mass is 406 g/mol. The first-order valence-electron chi connectivity index (χ1n) is 8.66. The van der Waals surface area contributed by atoms with E-state index >= 15 is 0 Å². The number of methoxy groups -OCH3 is 1. The molecule has 3 aromatic rings. The first kappa shape index (κ1) is 20.4. The fourth-order valence-electron chi connectivity index (χ4n) is 2.69. The number of halogens is 3. The van der Waals surface area contributed by atoms with Gasteiger partial charge in [-0.25, -0.2) is 0 Å².